The molecule has 5 heteroatoms. The quantitative estimate of drug-likeness (QED) is 0.852. The second-order valence-corrected chi connectivity index (χ2v) is 7.30. The second-order valence-electron chi connectivity index (χ2n) is 6.45. The van der Waals surface area contributed by atoms with E-state index in [1.54, 1.807) is 6.07 Å². The van der Waals surface area contributed by atoms with Crippen LogP contribution in [0.5, 0.6) is 0 Å². The molecule has 0 aliphatic heterocycles. The zero-order valence-electron chi connectivity index (χ0n) is 13.5. The molecule has 0 saturated heterocycles. The lowest BCUT2D eigenvalue weighted by Gasteiger charge is -2.30. The Morgan fingerprint density at radius 2 is 1.92 bits per heavy atom. The monoisotopic (exact) mass is 365 g/mol. The molecule has 0 radical (unpaired) electrons. The van der Waals surface area contributed by atoms with Gasteiger partial charge in [0.15, 0.2) is 0 Å². The summed E-state index contributed by atoms with van der Waals surface area (Å²) < 4.78 is 0. The van der Waals surface area contributed by atoms with E-state index in [1.807, 2.05) is 48.3 Å². The Balaban J connectivity index is 1.73. The summed E-state index contributed by atoms with van der Waals surface area (Å²) in [6.45, 7) is 0.459. The molecule has 3 rings (SSSR count). The second kappa shape index (κ2) is 7.42. The van der Waals surface area contributed by atoms with E-state index >= 15 is 0 Å². The highest BCUT2D eigenvalue weighted by atomic mass is 35.5. The Hall–Kier alpha value is -1.10. The summed E-state index contributed by atoms with van der Waals surface area (Å²) in [6.07, 6.45) is 0.0277. The largest absolute Gasteiger partial charge is 0.391 e. The molecule has 1 aliphatic rings. The van der Waals surface area contributed by atoms with E-state index < -0.39 is 12.2 Å². The highest BCUT2D eigenvalue weighted by molar-refractivity contribution is 6.35. The number of aliphatic hydroxyl groups is 2. The molecule has 24 heavy (non-hydrogen) atoms. The van der Waals surface area contributed by atoms with Gasteiger partial charge in [0.1, 0.15) is 0 Å². The molecule has 1 aliphatic carbocycles. The SMILES string of the molecule is CN(CC(O)Cc1ccccc1)C1c2cc(Cl)cc(Cl)c2CC1O. The molecular formula is C19H21Cl2NO2. The first kappa shape index (κ1) is 17.7. The number of fused-ring (bicyclic) bond motifs is 1. The van der Waals surface area contributed by atoms with Gasteiger partial charge in [-0.25, -0.2) is 0 Å². The number of hydrogen-bond acceptors (Lipinski definition) is 3. The van der Waals surface area contributed by atoms with Crippen molar-refractivity contribution in [2.45, 2.75) is 31.1 Å². The normalized spacial score (nSPS) is 21.1. The molecule has 3 unspecified atom stereocenters. The molecule has 0 aromatic heterocycles. The predicted octanol–water partition coefficient (Wildman–Crippen LogP) is 3.49. The molecule has 2 aromatic carbocycles. The molecule has 3 nitrogen and oxygen atoms in total. The topological polar surface area (TPSA) is 43.7 Å². The number of rotatable bonds is 5. The van der Waals surface area contributed by atoms with Crippen molar-refractivity contribution in [3.63, 3.8) is 0 Å². The molecule has 2 N–H and O–H groups in total. The van der Waals surface area contributed by atoms with Gasteiger partial charge in [-0.05, 0) is 42.3 Å². The van der Waals surface area contributed by atoms with Crippen molar-refractivity contribution in [1.82, 2.24) is 4.90 Å². The Morgan fingerprint density at radius 3 is 2.62 bits per heavy atom. The van der Waals surface area contributed by atoms with Gasteiger partial charge in [0.25, 0.3) is 0 Å². The number of hydrogen-bond donors (Lipinski definition) is 2. The van der Waals surface area contributed by atoms with Crippen LogP contribution in [0.2, 0.25) is 10.0 Å². The molecule has 0 spiro atoms. The van der Waals surface area contributed by atoms with Crippen LogP contribution in [0.3, 0.4) is 0 Å². The number of likely N-dealkylation sites (N-methyl/N-ethyl adjacent to an activating group) is 1. The highest BCUT2D eigenvalue weighted by Crippen LogP contribution is 2.40. The maximum absolute atomic E-state index is 10.5. The third-order valence-electron chi connectivity index (χ3n) is 4.58. The molecule has 0 bridgehead atoms. The lowest BCUT2D eigenvalue weighted by molar-refractivity contribution is 0.0438. The van der Waals surface area contributed by atoms with Gasteiger partial charge in [-0.15, -0.1) is 0 Å². The molecular weight excluding hydrogens is 345 g/mol. The number of nitrogens with zero attached hydrogens (tertiary/aromatic N) is 1. The van der Waals surface area contributed by atoms with Crippen molar-refractivity contribution in [1.29, 1.82) is 0 Å². The lowest BCUT2D eigenvalue weighted by Crippen LogP contribution is -2.37. The lowest BCUT2D eigenvalue weighted by atomic mass is 10.0. The van der Waals surface area contributed by atoms with Gasteiger partial charge in [-0.2, -0.15) is 0 Å². The number of halogens is 2. The molecule has 0 amide bonds. The van der Waals surface area contributed by atoms with E-state index in [0.717, 1.165) is 16.7 Å². The minimum Gasteiger partial charge on any atom is -0.391 e. The van der Waals surface area contributed by atoms with E-state index in [1.165, 1.54) is 0 Å². The Morgan fingerprint density at radius 1 is 1.21 bits per heavy atom. The van der Waals surface area contributed by atoms with Crippen molar-refractivity contribution in [2.75, 3.05) is 13.6 Å². The standard InChI is InChI=1S/C19H21Cl2NO2/c1-22(11-14(23)7-12-5-3-2-4-6-12)19-16-8-13(20)9-17(21)15(16)10-18(19)24/h2-6,8-9,14,18-19,23-24H,7,10-11H2,1H3. The van der Waals surface area contributed by atoms with Gasteiger partial charge in [0, 0.05) is 23.0 Å². The van der Waals surface area contributed by atoms with Gasteiger partial charge in [-0.3, -0.25) is 4.90 Å². The van der Waals surface area contributed by atoms with Crippen molar-refractivity contribution in [3.05, 3.63) is 69.2 Å². The third kappa shape index (κ3) is 3.76. The van der Waals surface area contributed by atoms with Crippen LogP contribution in [0.15, 0.2) is 42.5 Å². The molecule has 128 valence electrons. The van der Waals surface area contributed by atoms with Gasteiger partial charge in [0.05, 0.1) is 18.2 Å². The average Bonchev–Trinajstić information content (AvgIpc) is 2.84. The van der Waals surface area contributed by atoms with E-state index in [-0.39, 0.29) is 6.04 Å². The molecule has 0 heterocycles. The Bertz CT molecular complexity index is 708. The van der Waals surface area contributed by atoms with E-state index in [2.05, 4.69) is 0 Å². The fourth-order valence-corrected chi connectivity index (χ4v) is 4.14. The fourth-order valence-electron chi connectivity index (χ4n) is 3.56. The van der Waals surface area contributed by atoms with Crippen LogP contribution in [0.1, 0.15) is 22.7 Å². The van der Waals surface area contributed by atoms with Crippen LogP contribution in [0.25, 0.3) is 0 Å². The van der Waals surface area contributed by atoms with Crippen LogP contribution < -0.4 is 0 Å². The van der Waals surface area contributed by atoms with Crippen LogP contribution in [-0.2, 0) is 12.8 Å². The van der Waals surface area contributed by atoms with Crippen molar-refractivity contribution >= 4 is 23.2 Å². The molecule has 2 aromatic rings. The van der Waals surface area contributed by atoms with Crippen LogP contribution in [-0.4, -0.2) is 40.9 Å². The minimum absolute atomic E-state index is 0.207. The average molecular weight is 366 g/mol. The maximum atomic E-state index is 10.5. The number of aliphatic hydroxyl groups excluding tert-OH is 2. The van der Waals surface area contributed by atoms with Crippen molar-refractivity contribution < 1.29 is 10.2 Å². The zero-order chi connectivity index (χ0) is 17.3. The minimum atomic E-state index is -0.551. The summed E-state index contributed by atoms with van der Waals surface area (Å²) in [4.78, 5) is 1.98. The zero-order valence-corrected chi connectivity index (χ0v) is 15.0. The number of benzene rings is 2. The first-order valence-corrected chi connectivity index (χ1v) is 8.79. The highest BCUT2D eigenvalue weighted by Gasteiger charge is 2.36. The summed E-state index contributed by atoms with van der Waals surface area (Å²) in [5, 5.41) is 22.0. The molecule has 3 atom stereocenters. The first-order valence-electron chi connectivity index (χ1n) is 8.04. The van der Waals surface area contributed by atoms with Gasteiger partial charge in [0.2, 0.25) is 0 Å². The predicted molar refractivity (Wildman–Crippen MR) is 97.7 cm³/mol. The van der Waals surface area contributed by atoms with Crippen LogP contribution >= 0.6 is 23.2 Å². The Labute approximate surface area is 152 Å². The van der Waals surface area contributed by atoms with Gasteiger partial charge in [-0.1, -0.05) is 53.5 Å². The smallest absolute Gasteiger partial charge is 0.0777 e. The van der Waals surface area contributed by atoms with E-state index in [9.17, 15) is 10.2 Å². The van der Waals surface area contributed by atoms with Crippen molar-refractivity contribution in [2.24, 2.45) is 0 Å². The van der Waals surface area contributed by atoms with E-state index in [4.69, 9.17) is 23.2 Å². The molecule has 0 saturated carbocycles. The Kier molecular flexibility index (Phi) is 5.48. The van der Waals surface area contributed by atoms with Crippen LogP contribution in [0, 0.1) is 0 Å². The van der Waals surface area contributed by atoms with Gasteiger partial charge >= 0.3 is 0 Å². The summed E-state index contributed by atoms with van der Waals surface area (Å²) in [6, 6.07) is 13.3. The summed E-state index contributed by atoms with van der Waals surface area (Å²) >= 11 is 12.4. The van der Waals surface area contributed by atoms with Crippen molar-refractivity contribution in [3.8, 4) is 0 Å². The van der Waals surface area contributed by atoms with Crippen LogP contribution in [0.4, 0.5) is 0 Å². The summed E-state index contributed by atoms with van der Waals surface area (Å²) in [5.41, 5.74) is 2.99. The van der Waals surface area contributed by atoms with Gasteiger partial charge < -0.3 is 10.2 Å². The fraction of sp³-hybridized carbons (Fsp3) is 0.368. The summed E-state index contributed by atoms with van der Waals surface area (Å²) in [5.74, 6) is 0. The maximum Gasteiger partial charge on any atom is 0.0777 e. The first-order chi connectivity index (χ1) is 11.5. The summed E-state index contributed by atoms with van der Waals surface area (Å²) in [7, 11) is 1.91. The third-order valence-corrected chi connectivity index (χ3v) is 5.13. The van der Waals surface area contributed by atoms with E-state index in [0.29, 0.717) is 29.4 Å². The molecule has 0 fully saturated rings.